The maximum Gasteiger partial charge on any atom is 0.303 e. The van der Waals surface area contributed by atoms with E-state index in [4.69, 9.17) is 9.84 Å². The van der Waals surface area contributed by atoms with Gasteiger partial charge in [0.2, 0.25) is 5.91 Å². The molecule has 0 aliphatic carbocycles. The first-order chi connectivity index (χ1) is 8.34. The van der Waals surface area contributed by atoms with Gasteiger partial charge in [0.15, 0.2) is 0 Å². The van der Waals surface area contributed by atoms with Crippen LogP contribution in [0.3, 0.4) is 0 Å². The summed E-state index contributed by atoms with van der Waals surface area (Å²) in [4.78, 5) is 24.6. The molecule has 0 spiro atoms. The van der Waals surface area contributed by atoms with E-state index in [1.54, 1.807) is 7.11 Å². The molecule has 5 heteroatoms. The Morgan fingerprint density at radius 3 is 2.28 bits per heavy atom. The number of piperidine rings is 1. The van der Waals surface area contributed by atoms with Crippen molar-refractivity contribution in [2.75, 3.05) is 20.2 Å². The lowest BCUT2D eigenvalue weighted by Crippen LogP contribution is -2.42. The van der Waals surface area contributed by atoms with Gasteiger partial charge in [0.05, 0.1) is 12.5 Å². The van der Waals surface area contributed by atoms with Crippen molar-refractivity contribution >= 4 is 11.9 Å². The standard InChI is InChI=1S/C13H23NO4/c1-13(2,9-12(16)17)8-11(15)14-6-4-10(18-3)5-7-14/h10H,4-9H2,1-3H3,(H,16,17). The number of carboxylic acid groups (broad SMARTS) is 1. The molecule has 0 aromatic heterocycles. The second-order valence-electron chi connectivity index (χ2n) is 5.73. The molecular formula is C13H23NO4. The number of hydrogen-bond donors (Lipinski definition) is 1. The second-order valence-corrected chi connectivity index (χ2v) is 5.73. The zero-order valence-electron chi connectivity index (χ0n) is 11.4. The molecule has 1 N–H and O–H groups in total. The molecule has 1 heterocycles. The number of amides is 1. The lowest BCUT2D eigenvalue weighted by molar-refractivity contribution is -0.141. The fourth-order valence-corrected chi connectivity index (χ4v) is 2.33. The smallest absolute Gasteiger partial charge is 0.303 e. The zero-order chi connectivity index (χ0) is 13.8. The summed E-state index contributed by atoms with van der Waals surface area (Å²) >= 11 is 0. The maximum atomic E-state index is 12.1. The Bertz CT molecular complexity index is 306. The van der Waals surface area contributed by atoms with Crippen molar-refractivity contribution in [2.45, 2.75) is 45.6 Å². The molecule has 5 nitrogen and oxygen atoms in total. The zero-order valence-corrected chi connectivity index (χ0v) is 11.4. The Morgan fingerprint density at radius 1 is 1.28 bits per heavy atom. The number of nitrogens with zero attached hydrogens (tertiary/aromatic N) is 1. The monoisotopic (exact) mass is 257 g/mol. The number of carbonyl (C=O) groups is 2. The molecule has 1 saturated heterocycles. The maximum absolute atomic E-state index is 12.1. The first-order valence-electron chi connectivity index (χ1n) is 6.36. The van der Waals surface area contributed by atoms with Crippen molar-refractivity contribution in [3.8, 4) is 0 Å². The molecule has 0 aromatic carbocycles. The van der Waals surface area contributed by atoms with Crippen molar-refractivity contribution in [3.63, 3.8) is 0 Å². The van der Waals surface area contributed by atoms with Crippen molar-refractivity contribution in [1.82, 2.24) is 4.90 Å². The van der Waals surface area contributed by atoms with Gasteiger partial charge in [0.25, 0.3) is 0 Å². The first-order valence-corrected chi connectivity index (χ1v) is 6.36. The average molecular weight is 257 g/mol. The van der Waals surface area contributed by atoms with E-state index in [2.05, 4.69) is 0 Å². The van der Waals surface area contributed by atoms with Crippen LogP contribution < -0.4 is 0 Å². The Labute approximate surface area is 108 Å². The molecule has 0 aromatic rings. The highest BCUT2D eigenvalue weighted by Crippen LogP contribution is 2.27. The van der Waals surface area contributed by atoms with Crippen LogP contribution in [0.15, 0.2) is 0 Å². The molecule has 1 rings (SSSR count). The second kappa shape index (κ2) is 6.18. The van der Waals surface area contributed by atoms with E-state index in [-0.39, 0.29) is 24.9 Å². The van der Waals surface area contributed by atoms with E-state index >= 15 is 0 Å². The molecule has 0 radical (unpaired) electrons. The summed E-state index contributed by atoms with van der Waals surface area (Å²) in [5, 5.41) is 8.80. The van der Waals surface area contributed by atoms with Crippen LogP contribution in [0.4, 0.5) is 0 Å². The van der Waals surface area contributed by atoms with Crippen LogP contribution in [0.5, 0.6) is 0 Å². The summed E-state index contributed by atoms with van der Waals surface area (Å²) in [6, 6.07) is 0. The van der Waals surface area contributed by atoms with Gasteiger partial charge in [0, 0.05) is 26.6 Å². The van der Waals surface area contributed by atoms with Gasteiger partial charge in [-0.05, 0) is 18.3 Å². The van der Waals surface area contributed by atoms with Gasteiger partial charge in [-0.25, -0.2) is 0 Å². The number of hydrogen-bond acceptors (Lipinski definition) is 3. The number of aliphatic carboxylic acids is 1. The highest BCUT2D eigenvalue weighted by molar-refractivity contribution is 5.78. The Morgan fingerprint density at radius 2 is 1.83 bits per heavy atom. The van der Waals surface area contributed by atoms with E-state index in [9.17, 15) is 9.59 Å². The van der Waals surface area contributed by atoms with E-state index in [0.29, 0.717) is 13.1 Å². The first kappa shape index (κ1) is 15.0. The minimum atomic E-state index is -0.856. The van der Waals surface area contributed by atoms with E-state index in [1.165, 1.54) is 0 Å². The quantitative estimate of drug-likeness (QED) is 0.810. The topological polar surface area (TPSA) is 66.8 Å². The number of methoxy groups -OCH3 is 1. The van der Waals surface area contributed by atoms with Crippen LogP contribution in [0.25, 0.3) is 0 Å². The van der Waals surface area contributed by atoms with Crippen LogP contribution in [-0.4, -0.2) is 48.2 Å². The van der Waals surface area contributed by atoms with Crippen LogP contribution in [0, 0.1) is 5.41 Å². The van der Waals surface area contributed by atoms with Crippen molar-refractivity contribution in [1.29, 1.82) is 0 Å². The minimum Gasteiger partial charge on any atom is -0.481 e. The third-order valence-electron chi connectivity index (χ3n) is 3.39. The largest absolute Gasteiger partial charge is 0.481 e. The average Bonchev–Trinajstić information content (AvgIpc) is 2.26. The van der Waals surface area contributed by atoms with Gasteiger partial charge >= 0.3 is 5.97 Å². The van der Waals surface area contributed by atoms with Gasteiger partial charge in [-0.2, -0.15) is 0 Å². The van der Waals surface area contributed by atoms with Crippen LogP contribution in [0.1, 0.15) is 39.5 Å². The summed E-state index contributed by atoms with van der Waals surface area (Å²) in [5.74, 6) is -0.804. The van der Waals surface area contributed by atoms with Crippen LogP contribution in [0.2, 0.25) is 0 Å². The summed E-state index contributed by atoms with van der Waals surface area (Å²) in [7, 11) is 1.69. The van der Waals surface area contributed by atoms with Gasteiger partial charge in [0.1, 0.15) is 0 Å². The van der Waals surface area contributed by atoms with Crippen molar-refractivity contribution in [2.24, 2.45) is 5.41 Å². The SMILES string of the molecule is COC1CCN(C(=O)CC(C)(C)CC(=O)O)CC1. The van der Waals surface area contributed by atoms with Gasteiger partial charge in [-0.3, -0.25) is 9.59 Å². The number of ether oxygens (including phenoxy) is 1. The number of rotatable bonds is 5. The molecule has 18 heavy (non-hydrogen) atoms. The van der Waals surface area contributed by atoms with E-state index < -0.39 is 11.4 Å². The summed E-state index contributed by atoms with van der Waals surface area (Å²) in [5.41, 5.74) is -0.485. The highest BCUT2D eigenvalue weighted by Gasteiger charge is 2.29. The van der Waals surface area contributed by atoms with E-state index in [1.807, 2.05) is 18.7 Å². The third kappa shape index (κ3) is 4.64. The number of likely N-dealkylation sites (tertiary alicyclic amines) is 1. The molecule has 1 aliphatic rings. The van der Waals surface area contributed by atoms with Crippen LogP contribution in [-0.2, 0) is 14.3 Å². The summed E-state index contributed by atoms with van der Waals surface area (Å²) in [6.45, 7) is 5.06. The molecule has 0 bridgehead atoms. The van der Waals surface area contributed by atoms with Crippen LogP contribution >= 0.6 is 0 Å². The summed E-state index contributed by atoms with van der Waals surface area (Å²) in [6.07, 6.45) is 2.29. The fourth-order valence-electron chi connectivity index (χ4n) is 2.33. The van der Waals surface area contributed by atoms with Gasteiger partial charge in [-0.1, -0.05) is 13.8 Å². The molecular weight excluding hydrogens is 234 g/mol. The molecule has 0 saturated carbocycles. The lowest BCUT2D eigenvalue weighted by atomic mass is 9.85. The number of carbonyl (C=O) groups excluding carboxylic acids is 1. The lowest BCUT2D eigenvalue weighted by Gasteiger charge is -2.33. The third-order valence-corrected chi connectivity index (χ3v) is 3.39. The molecule has 1 amide bonds. The Balaban J connectivity index is 2.44. The van der Waals surface area contributed by atoms with Crippen molar-refractivity contribution < 1.29 is 19.4 Å². The predicted molar refractivity (Wildman–Crippen MR) is 67.3 cm³/mol. The molecule has 0 atom stereocenters. The van der Waals surface area contributed by atoms with Gasteiger partial charge in [-0.15, -0.1) is 0 Å². The molecule has 1 aliphatic heterocycles. The van der Waals surface area contributed by atoms with Crippen molar-refractivity contribution in [3.05, 3.63) is 0 Å². The number of carboxylic acids is 1. The van der Waals surface area contributed by atoms with Gasteiger partial charge < -0.3 is 14.7 Å². The predicted octanol–water partition coefficient (Wildman–Crippen LogP) is 1.51. The van der Waals surface area contributed by atoms with E-state index in [0.717, 1.165) is 12.8 Å². The Hall–Kier alpha value is -1.10. The molecule has 1 fully saturated rings. The highest BCUT2D eigenvalue weighted by atomic mass is 16.5. The Kier molecular flexibility index (Phi) is 5.14. The molecule has 104 valence electrons. The summed E-state index contributed by atoms with van der Waals surface area (Å²) < 4.78 is 5.26. The molecule has 0 unspecified atom stereocenters. The normalized spacial score (nSPS) is 17.8. The fraction of sp³-hybridized carbons (Fsp3) is 0.846. The minimum absolute atomic E-state index is 0.0211.